The number of nitro benzene ring substituents is 1. The van der Waals surface area contributed by atoms with E-state index >= 15 is 0 Å². The second kappa shape index (κ2) is 5.81. The molecule has 2 aromatic heterocycles. The van der Waals surface area contributed by atoms with Crippen LogP contribution in [0, 0.1) is 24.0 Å². The molecule has 0 fully saturated rings. The smallest absolute Gasteiger partial charge is 0.274 e. The van der Waals surface area contributed by atoms with Gasteiger partial charge in [0.1, 0.15) is 0 Å². The van der Waals surface area contributed by atoms with Crippen molar-refractivity contribution in [2.24, 2.45) is 0 Å². The zero-order valence-corrected chi connectivity index (χ0v) is 13.4. The molecule has 23 heavy (non-hydrogen) atoms. The van der Waals surface area contributed by atoms with Gasteiger partial charge in [-0.2, -0.15) is 0 Å². The number of rotatable bonds is 4. The normalized spacial score (nSPS) is 10.9. The van der Waals surface area contributed by atoms with Crippen molar-refractivity contribution < 1.29 is 4.92 Å². The van der Waals surface area contributed by atoms with Gasteiger partial charge in [-0.3, -0.25) is 19.3 Å². The fourth-order valence-electron chi connectivity index (χ4n) is 2.39. The highest BCUT2D eigenvalue weighted by molar-refractivity contribution is 7.15. The molecule has 1 N–H and O–H groups in total. The van der Waals surface area contributed by atoms with E-state index in [9.17, 15) is 14.9 Å². The molecular formula is C15H14N4O3S. The number of hydrogen-bond donors (Lipinski definition) is 1. The van der Waals surface area contributed by atoms with Crippen molar-refractivity contribution in [3.8, 4) is 0 Å². The zero-order valence-electron chi connectivity index (χ0n) is 12.6. The number of hydrogen-bond acceptors (Lipinski definition) is 6. The van der Waals surface area contributed by atoms with Crippen LogP contribution in [0.3, 0.4) is 0 Å². The van der Waals surface area contributed by atoms with Gasteiger partial charge in [0.15, 0.2) is 4.96 Å². The molecule has 3 aromatic rings. The van der Waals surface area contributed by atoms with Crippen LogP contribution < -0.4 is 10.9 Å². The van der Waals surface area contributed by atoms with Crippen molar-refractivity contribution in [2.45, 2.75) is 20.4 Å². The summed E-state index contributed by atoms with van der Waals surface area (Å²) >= 11 is 1.41. The molecule has 1 aromatic carbocycles. The predicted octanol–water partition coefficient (Wildman–Crippen LogP) is 2.89. The molecule has 0 unspecified atom stereocenters. The van der Waals surface area contributed by atoms with E-state index in [-0.39, 0.29) is 11.2 Å². The maximum Gasteiger partial charge on any atom is 0.274 e. The van der Waals surface area contributed by atoms with Crippen LogP contribution in [0.5, 0.6) is 0 Å². The highest BCUT2D eigenvalue weighted by Gasteiger charge is 2.13. The minimum atomic E-state index is -0.411. The van der Waals surface area contributed by atoms with Crippen LogP contribution in [0.2, 0.25) is 0 Å². The van der Waals surface area contributed by atoms with Crippen molar-refractivity contribution in [3.63, 3.8) is 0 Å². The SMILES string of the molecule is Cc1c(NCc2cc(=O)n3c(C)csc3n2)cccc1[N+](=O)[O-]. The van der Waals surface area contributed by atoms with Gasteiger partial charge in [0.05, 0.1) is 17.2 Å². The number of nitrogens with one attached hydrogen (secondary N) is 1. The summed E-state index contributed by atoms with van der Waals surface area (Å²) in [4.78, 5) is 27.8. The fourth-order valence-corrected chi connectivity index (χ4v) is 3.28. The molecule has 2 heterocycles. The predicted molar refractivity (Wildman–Crippen MR) is 89.2 cm³/mol. The molecule has 0 aliphatic carbocycles. The lowest BCUT2D eigenvalue weighted by Crippen LogP contribution is -2.16. The second-order valence-electron chi connectivity index (χ2n) is 5.14. The van der Waals surface area contributed by atoms with E-state index < -0.39 is 4.92 Å². The molecule has 0 aliphatic rings. The second-order valence-corrected chi connectivity index (χ2v) is 5.98. The lowest BCUT2D eigenvalue weighted by molar-refractivity contribution is -0.385. The van der Waals surface area contributed by atoms with Gasteiger partial charge in [0.2, 0.25) is 0 Å². The number of fused-ring (bicyclic) bond motifs is 1. The van der Waals surface area contributed by atoms with E-state index in [1.165, 1.54) is 23.5 Å². The first-order chi connectivity index (χ1) is 11.0. The third kappa shape index (κ3) is 2.80. The minimum absolute atomic E-state index is 0.0624. The Morgan fingerprint density at radius 3 is 2.91 bits per heavy atom. The summed E-state index contributed by atoms with van der Waals surface area (Å²) in [6.07, 6.45) is 0. The number of nitrogens with zero attached hydrogens (tertiary/aromatic N) is 3. The molecule has 3 rings (SSSR count). The first kappa shape index (κ1) is 15.2. The Bertz CT molecular complexity index is 961. The van der Waals surface area contributed by atoms with Gasteiger partial charge < -0.3 is 5.32 Å². The Balaban J connectivity index is 1.88. The average molecular weight is 330 g/mol. The van der Waals surface area contributed by atoms with Crippen molar-refractivity contribution >= 4 is 27.7 Å². The summed E-state index contributed by atoms with van der Waals surface area (Å²) in [6, 6.07) is 6.34. The first-order valence-corrected chi connectivity index (χ1v) is 7.80. The van der Waals surface area contributed by atoms with E-state index in [1.54, 1.807) is 23.5 Å². The largest absolute Gasteiger partial charge is 0.379 e. The number of thiazole rings is 1. The van der Waals surface area contributed by atoms with E-state index in [0.717, 1.165) is 5.69 Å². The van der Waals surface area contributed by atoms with Crippen LogP contribution in [0.25, 0.3) is 4.96 Å². The molecule has 7 nitrogen and oxygen atoms in total. The number of benzene rings is 1. The van der Waals surface area contributed by atoms with Gasteiger partial charge in [-0.15, -0.1) is 11.3 Å². The molecule has 8 heteroatoms. The van der Waals surface area contributed by atoms with Crippen molar-refractivity contribution in [1.29, 1.82) is 0 Å². The summed E-state index contributed by atoms with van der Waals surface area (Å²) in [6.45, 7) is 3.87. The fraction of sp³-hybridized carbons (Fsp3) is 0.200. The van der Waals surface area contributed by atoms with Gasteiger partial charge in [0, 0.05) is 34.5 Å². The Morgan fingerprint density at radius 1 is 1.39 bits per heavy atom. The number of anilines is 1. The van der Waals surface area contributed by atoms with Gasteiger partial charge in [-0.1, -0.05) is 6.07 Å². The summed E-state index contributed by atoms with van der Waals surface area (Å²) in [5.74, 6) is 0. The molecule has 118 valence electrons. The Morgan fingerprint density at radius 2 is 2.17 bits per heavy atom. The van der Waals surface area contributed by atoms with Crippen LogP contribution in [0.4, 0.5) is 11.4 Å². The number of aryl methyl sites for hydroxylation is 1. The molecule has 0 saturated heterocycles. The van der Waals surface area contributed by atoms with E-state index in [1.807, 2.05) is 12.3 Å². The summed E-state index contributed by atoms with van der Waals surface area (Å²) in [5.41, 5.74) is 2.61. The standard InChI is InChI=1S/C15H14N4O3S/c1-9-8-23-15-17-11(6-14(20)18(9)15)7-16-12-4-3-5-13(10(12)2)19(21)22/h3-6,8,16H,7H2,1-2H3. The Labute approximate surface area is 135 Å². The molecule has 0 atom stereocenters. The molecule has 0 spiro atoms. The number of aromatic nitrogens is 2. The lowest BCUT2D eigenvalue weighted by Gasteiger charge is -2.09. The zero-order chi connectivity index (χ0) is 16.6. The average Bonchev–Trinajstić information content (AvgIpc) is 2.87. The molecule has 0 radical (unpaired) electrons. The van der Waals surface area contributed by atoms with Gasteiger partial charge >= 0.3 is 0 Å². The first-order valence-electron chi connectivity index (χ1n) is 6.92. The van der Waals surface area contributed by atoms with Crippen molar-refractivity contribution in [3.05, 3.63) is 67.1 Å². The topological polar surface area (TPSA) is 89.5 Å². The van der Waals surface area contributed by atoms with Crippen LogP contribution in [0.15, 0.2) is 34.4 Å². The van der Waals surface area contributed by atoms with Crippen LogP contribution >= 0.6 is 11.3 Å². The number of nitro groups is 1. The molecule has 0 saturated carbocycles. The molecule has 0 bridgehead atoms. The summed E-state index contributed by atoms with van der Waals surface area (Å²) in [5, 5.41) is 16.0. The van der Waals surface area contributed by atoms with Crippen LogP contribution in [0.1, 0.15) is 17.0 Å². The Hall–Kier alpha value is -2.74. The Kier molecular flexibility index (Phi) is 3.83. The summed E-state index contributed by atoms with van der Waals surface area (Å²) in [7, 11) is 0. The quantitative estimate of drug-likeness (QED) is 0.587. The highest BCUT2D eigenvalue weighted by atomic mass is 32.1. The van der Waals surface area contributed by atoms with Crippen molar-refractivity contribution in [1.82, 2.24) is 9.38 Å². The van der Waals surface area contributed by atoms with E-state index in [4.69, 9.17) is 0 Å². The monoisotopic (exact) mass is 330 g/mol. The highest BCUT2D eigenvalue weighted by Crippen LogP contribution is 2.25. The van der Waals surface area contributed by atoms with Crippen LogP contribution in [-0.4, -0.2) is 14.3 Å². The van der Waals surface area contributed by atoms with Gasteiger partial charge in [-0.25, -0.2) is 4.98 Å². The lowest BCUT2D eigenvalue weighted by atomic mass is 10.1. The van der Waals surface area contributed by atoms with Gasteiger partial charge in [0.25, 0.3) is 11.2 Å². The van der Waals surface area contributed by atoms with E-state index in [2.05, 4.69) is 10.3 Å². The summed E-state index contributed by atoms with van der Waals surface area (Å²) < 4.78 is 1.56. The molecule has 0 aliphatic heterocycles. The third-order valence-corrected chi connectivity index (χ3v) is 4.53. The molecule has 0 amide bonds. The van der Waals surface area contributed by atoms with E-state index in [0.29, 0.717) is 28.5 Å². The maximum absolute atomic E-state index is 12.1. The maximum atomic E-state index is 12.1. The van der Waals surface area contributed by atoms with Crippen molar-refractivity contribution in [2.75, 3.05) is 5.32 Å². The minimum Gasteiger partial charge on any atom is -0.379 e. The third-order valence-electron chi connectivity index (χ3n) is 3.59. The van der Waals surface area contributed by atoms with Gasteiger partial charge in [-0.05, 0) is 19.9 Å². The van der Waals surface area contributed by atoms with Crippen LogP contribution in [-0.2, 0) is 6.54 Å². The molecular weight excluding hydrogens is 316 g/mol.